The monoisotopic (exact) mass is 311 g/mol. The molecule has 2 rings (SSSR count). The van der Waals surface area contributed by atoms with E-state index in [-0.39, 0.29) is 17.3 Å². The summed E-state index contributed by atoms with van der Waals surface area (Å²) in [7, 11) is -3.65. The van der Waals surface area contributed by atoms with E-state index in [1.807, 2.05) is 0 Å². The summed E-state index contributed by atoms with van der Waals surface area (Å²) in [6, 6.07) is 5.22. The van der Waals surface area contributed by atoms with Gasteiger partial charge in [0, 0.05) is 5.56 Å². The van der Waals surface area contributed by atoms with Crippen LogP contribution in [-0.4, -0.2) is 43.8 Å². The molecule has 1 amide bonds. The van der Waals surface area contributed by atoms with Crippen LogP contribution < -0.4 is 10.0 Å². The molecule has 0 unspecified atom stereocenters. The fourth-order valence-electron chi connectivity index (χ4n) is 1.75. The lowest BCUT2D eigenvalue weighted by Gasteiger charge is -2.07. The number of fused-ring (bicyclic) bond motifs is 1. The molecule has 3 N–H and O–H groups in total. The quantitative estimate of drug-likeness (QED) is 0.679. The second-order valence-corrected chi connectivity index (χ2v) is 6.04. The third-order valence-corrected chi connectivity index (χ3v) is 4.19. The minimum Gasteiger partial charge on any atom is -0.480 e. The summed E-state index contributed by atoms with van der Waals surface area (Å²) in [6.07, 6.45) is 0. The molecule has 1 aliphatic rings. The topological polar surface area (TPSA) is 125 Å². The number of carboxylic acids is 1. The molecule has 8 nitrogen and oxygen atoms in total. The molecule has 0 fully saturated rings. The molecular formula is C12H13N3O5S. The molecule has 0 aliphatic carbocycles. The van der Waals surface area contributed by atoms with Crippen LogP contribution >= 0.6 is 0 Å². The second-order valence-electron chi connectivity index (χ2n) is 4.39. The van der Waals surface area contributed by atoms with Gasteiger partial charge in [0.1, 0.15) is 18.4 Å². The van der Waals surface area contributed by atoms with Crippen molar-refractivity contribution in [1.82, 2.24) is 10.0 Å². The fourth-order valence-corrected chi connectivity index (χ4v) is 3.00. The van der Waals surface area contributed by atoms with E-state index in [1.165, 1.54) is 13.0 Å². The zero-order valence-corrected chi connectivity index (χ0v) is 11.8. The zero-order chi connectivity index (χ0) is 15.6. The summed E-state index contributed by atoms with van der Waals surface area (Å²) >= 11 is 0. The van der Waals surface area contributed by atoms with Crippen molar-refractivity contribution in [3.8, 4) is 0 Å². The van der Waals surface area contributed by atoms with E-state index in [0.717, 1.165) is 0 Å². The number of aliphatic carboxylic acids is 1. The highest BCUT2D eigenvalue weighted by molar-refractivity contribution is 7.90. The lowest BCUT2D eigenvalue weighted by atomic mass is 10.2. The van der Waals surface area contributed by atoms with Crippen LogP contribution in [0.4, 0.5) is 0 Å². The number of nitrogens with zero attached hydrogens (tertiary/aromatic N) is 1. The summed E-state index contributed by atoms with van der Waals surface area (Å²) in [5, 5.41) is 10.9. The van der Waals surface area contributed by atoms with Gasteiger partial charge in [-0.3, -0.25) is 19.3 Å². The number of amidine groups is 1. The van der Waals surface area contributed by atoms with Crippen molar-refractivity contribution in [2.75, 3.05) is 6.54 Å². The number of carboxylic acid groups (broad SMARTS) is 1. The highest BCUT2D eigenvalue weighted by atomic mass is 32.2. The third-order valence-electron chi connectivity index (χ3n) is 2.79. The van der Waals surface area contributed by atoms with Gasteiger partial charge in [-0.15, -0.1) is 0 Å². The Morgan fingerprint density at radius 1 is 1.38 bits per heavy atom. The zero-order valence-electron chi connectivity index (χ0n) is 11.0. The standard InChI is InChI=1S/C12H13N3O5S/c1-7(12(17)18)14-10(16)6-13-11-8-4-2-3-5-9(8)21(19,20)15-11/h2-5,7H,6H2,1H3,(H,13,15)(H,14,16)(H,17,18)/t7-/m0/s1. The van der Waals surface area contributed by atoms with Crippen LogP contribution in [0.5, 0.6) is 0 Å². The molecule has 1 aromatic rings. The molecule has 0 radical (unpaired) electrons. The molecule has 0 saturated carbocycles. The summed E-state index contributed by atoms with van der Waals surface area (Å²) in [5.41, 5.74) is 0.386. The molecule has 112 valence electrons. The predicted octanol–water partition coefficient (Wildman–Crippen LogP) is -0.686. The number of nitrogens with one attached hydrogen (secondary N) is 2. The Bertz CT molecular complexity index is 726. The van der Waals surface area contributed by atoms with E-state index in [2.05, 4.69) is 15.0 Å². The summed E-state index contributed by atoms with van der Waals surface area (Å²) in [5.74, 6) is -1.70. The van der Waals surface area contributed by atoms with Crippen LogP contribution in [0.3, 0.4) is 0 Å². The van der Waals surface area contributed by atoms with Gasteiger partial charge in [0.15, 0.2) is 0 Å². The first-order valence-electron chi connectivity index (χ1n) is 6.00. The molecule has 1 atom stereocenters. The minimum atomic E-state index is -3.65. The van der Waals surface area contributed by atoms with Gasteiger partial charge in [-0.2, -0.15) is 0 Å². The number of hydrogen-bond donors (Lipinski definition) is 3. The van der Waals surface area contributed by atoms with E-state index in [0.29, 0.717) is 5.56 Å². The Hall–Kier alpha value is -2.42. The van der Waals surface area contributed by atoms with Crippen LogP contribution in [-0.2, 0) is 19.6 Å². The Kier molecular flexibility index (Phi) is 3.94. The van der Waals surface area contributed by atoms with Gasteiger partial charge in [-0.05, 0) is 19.1 Å². The van der Waals surface area contributed by atoms with Gasteiger partial charge in [-0.1, -0.05) is 12.1 Å². The molecule has 21 heavy (non-hydrogen) atoms. The van der Waals surface area contributed by atoms with Crippen LogP contribution in [0.2, 0.25) is 0 Å². The molecule has 1 aliphatic heterocycles. The first-order valence-corrected chi connectivity index (χ1v) is 7.48. The lowest BCUT2D eigenvalue weighted by Crippen LogP contribution is -2.39. The highest BCUT2D eigenvalue weighted by Crippen LogP contribution is 2.21. The Labute approximate surface area is 120 Å². The van der Waals surface area contributed by atoms with Crippen molar-refractivity contribution in [1.29, 1.82) is 0 Å². The van der Waals surface area contributed by atoms with Crippen molar-refractivity contribution in [2.24, 2.45) is 4.99 Å². The normalized spacial score (nSPS) is 18.6. The molecule has 0 aromatic heterocycles. The molecule has 1 aromatic carbocycles. The van der Waals surface area contributed by atoms with Gasteiger partial charge < -0.3 is 10.4 Å². The van der Waals surface area contributed by atoms with E-state index in [9.17, 15) is 18.0 Å². The number of aliphatic imine (C=N–C) groups is 1. The maximum atomic E-state index is 11.8. The SMILES string of the molecule is C[C@H](NC(=O)CN=C1NS(=O)(=O)c2ccccc21)C(=O)O. The maximum absolute atomic E-state index is 11.8. The number of hydrogen-bond acceptors (Lipinski definition) is 5. The first kappa shape index (κ1) is 15.0. The maximum Gasteiger partial charge on any atom is 0.325 e. The number of sulfonamides is 1. The van der Waals surface area contributed by atoms with Crippen LogP contribution in [0.1, 0.15) is 12.5 Å². The highest BCUT2D eigenvalue weighted by Gasteiger charge is 2.30. The average Bonchev–Trinajstić information content (AvgIpc) is 2.68. The lowest BCUT2D eigenvalue weighted by molar-refractivity contribution is -0.141. The van der Waals surface area contributed by atoms with Gasteiger partial charge in [-0.25, -0.2) is 8.42 Å². The van der Waals surface area contributed by atoms with Crippen LogP contribution in [0.25, 0.3) is 0 Å². The molecule has 0 spiro atoms. The molecule has 0 bridgehead atoms. The largest absolute Gasteiger partial charge is 0.480 e. The van der Waals surface area contributed by atoms with Gasteiger partial charge in [0.25, 0.3) is 10.0 Å². The van der Waals surface area contributed by atoms with Crippen molar-refractivity contribution in [2.45, 2.75) is 17.9 Å². The van der Waals surface area contributed by atoms with Gasteiger partial charge in [0.05, 0.1) is 4.90 Å². The Morgan fingerprint density at radius 2 is 2.05 bits per heavy atom. The van der Waals surface area contributed by atoms with Crippen molar-refractivity contribution < 1.29 is 23.1 Å². The molecule has 0 saturated heterocycles. The summed E-state index contributed by atoms with van der Waals surface area (Å²) in [6.45, 7) is 0.949. The number of amides is 1. The first-order chi connectivity index (χ1) is 9.81. The second kappa shape index (κ2) is 5.52. The molecule has 9 heteroatoms. The number of carbonyl (C=O) groups is 2. The Balaban J connectivity index is 2.14. The van der Waals surface area contributed by atoms with Gasteiger partial charge in [0.2, 0.25) is 5.91 Å². The third kappa shape index (κ3) is 3.19. The smallest absolute Gasteiger partial charge is 0.325 e. The molecular weight excluding hydrogens is 298 g/mol. The number of rotatable bonds is 4. The van der Waals surface area contributed by atoms with Crippen molar-refractivity contribution >= 4 is 27.7 Å². The minimum absolute atomic E-state index is 0.0729. The van der Waals surface area contributed by atoms with E-state index < -0.39 is 27.9 Å². The number of carbonyl (C=O) groups excluding carboxylic acids is 1. The fraction of sp³-hybridized carbons (Fsp3) is 0.250. The van der Waals surface area contributed by atoms with Crippen molar-refractivity contribution in [3.05, 3.63) is 29.8 Å². The van der Waals surface area contributed by atoms with Gasteiger partial charge >= 0.3 is 5.97 Å². The van der Waals surface area contributed by atoms with E-state index in [1.54, 1.807) is 18.2 Å². The summed E-state index contributed by atoms with van der Waals surface area (Å²) in [4.78, 5) is 26.1. The van der Waals surface area contributed by atoms with Crippen molar-refractivity contribution in [3.63, 3.8) is 0 Å². The van der Waals surface area contributed by atoms with Crippen LogP contribution in [0.15, 0.2) is 34.2 Å². The summed E-state index contributed by atoms with van der Waals surface area (Å²) < 4.78 is 25.9. The van der Waals surface area contributed by atoms with E-state index >= 15 is 0 Å². The predicted molar refractivity (Wildman–Crippen MR) is 73.4 cm³/mol. The Morgan fingerprint density at radius 3 is 2.71 bits per heavy atom. The number of benzene rings is 1. The molecule has 1 heterocycles. The van der Waals surface area contributed by atoms with Crippen LogP contribution in [0, 0.1) is 0 Å². The average molecular weight is 311 g/mol. The van der Waals surface area contributed by atoms with E-state index in [4.69, 9.17) is 5.11 Å².